The first-order valence-electron chi connectivity index (χ1n) is 5.73. The van der Waals surface area contributed by atoms with Gasteiger partial charge in [0.2, 0.25) is 0 Å². The van der Waals surface area contributed by atoms with Gasteiger partial charge in [-0.3, -0.25) is 10.1 Å². The maximum Gasteiger partial charge on any atom is 0.311 e. The van der Waals surface area contributed by atoms with E-state index in [1.165, 1.54) is 7.11 Å². The van der Waals surface area contributed by atoms with E-state index in [1.807, 2.05) is 13.0 Å². The van der Waals surface area contributed by atoms with Crippen LogP contribution in [0.1, 0.15) is 18.9 Å². The molecule has 0 bridgehead atoms. The van der Waals surface area contributed by atoms with Gasteiger partial charge in [0.1, 0.15) is 0 Å². The van der Waals surface area contributed by atoms with Gasteiger partial charge in [-0.2, -0.15) is 11.8 Å². The number of nitro groups is 1. The Kier molecular flexibility index (Phi) is 5.94. The van der Waals surface area contributed by atoms with E-state index < -0.39 is 4.92 Å². The predicted octanol–water partition coefficient (Wildman–Crippen LogP) is 2.57. The smallest absolute Gasteiger partial charge is 0.311 e. The van der Waals surface area contributed by atoms with Crippen molar-refractivity contribution in [3.8, 4) is 5.75 Å². The molecule has 18 heavy (non-hydrogen) atoms. The fourth-order valence-corrected chi connectivity index (χ4v) is 2.49. The molecule has 1 atom stereocenters. The molecule has 0 aliphatic carbocycles. The number of rotatable bonds is 7. The van der Waals surface area contributed by atoms with Crippen LogP contribution in [0.2, 0.25) is 0 Å². The summed E-state index contributed by atoms with van der Waals surface area (Å²) in [7, 11) is 1.43. The number of ether oxygens (including phenoxy) is 1. The topological polar surface area (TPSA) is 78.4 Å². The molecule has 0 fully saturated rings. The van der Waals surface area contributed by atoms with Crippen molar-refractivity contribution in [2.45, 2.75) is 25.1 Å². The lowest BCUT2D eigenvalue weighted by atomic mass is 10.2. The Balaban J connectivity index is 2.67. The van der Waals surface area contributed by atoms with Crippen LogP contribution in [0.4, 0.5) is 5.69 Å². The third-order valence-corrected chi connectivity index (χ3v) is 3.77. The molecule has 0 spiro atoms. The summed E-state index contributed by atoms with van der Waals surface area (Å²) in [6, 6.07) is 5.22. The Hall–Kier alpha value is -1.27. The van der Waals surface area contributed by atoms with Crippen molar-refractivity contribution >= 4 is 17.4 Å². The number of thioether (sulfide) groups is 1. The Morgan fingerprint density at radius 3 is 2.83 bits per heavy atom. The predicted molar refractivity (Wildman–Crippen MR) is 74.1 cm³/mol. The lowest BCUT2D eigenvalue weighted by Crippen LogP contribution is -2.21. The fraction of sp³-hybridized carbons (Fsp3) is 0.500. The summed E-state index contributed by atoms with van der Waals surface area (Å²) in [5.41, 5.74) is 6.73. The van der Waals surface area contributed by atoms with Crippen molar-refractivity contribution in [2.24, 2.45) is 5.73 Å². The quantitative estimate of drug-likeness (QED) is 0.608. The SMILES string of the molecule is CCC(N)CSCc1ccc(OC)c([N+](=O)[O-])c1. The molecule has 1 unspecified atom stereocenters. The second-order valence-corrected chi connectivity index (χ2v) is 4.98. The summed E-state index contributed by atoms with van der Waals surface area (Å²) >= 11 is 1.68. The van der Waals surface area contributed by atoms with Gasteiger partial charge in [-0.25, -0.2) is 0 Å². The Labute approximate surface area is 111 Å². The molecule has 0 aliphatic rings. The van der Waals surface area contributed by atoms with Crippen LogP contribution in [0, 0.1) is 10.1 Å². The third kappa shape index (κ3) is 4.19. The standard InChI is InChI=1S/C12H18N2O3S/c1-3-10(13)8-18-7-9-4-5-12(17-2)11(6-9)14(15)16/h4-6,10H,3,7-8,13H2,1-2H3. The van der Waals surface area contributed by atoms with Crippen LogP contribution in [0.25, 0.3) is 0 Å². The maximum atomic E-state index is 10.9. The Morgan fingerprint density at radius 2 is 2.28 bits per heavy atom. The lowest BCUT2D eigenvalue weighted by Gasteiger charge is -2.08. The molecule has 2 N–H and O–H groups in total. The zero-order chi connectivity index (χ0) is 13.5. The number of nitrogens with zero attached hydrogens (tertiary/aromatic N) is 1. The van der Waals surface area contributed by atoms with Gasteiger partial charge in [0.15, 0.2) is 5.75 Å². The normalized spacial score (nSPS) is 12.2. The molecular formula is C12H18N2O3S. The average Bonchev–Trinajstić information content (AvgIpc) is 2.38. The third-order valence-electron chi connectivity index (χ3n) is 2.56. The minimum absolute atomic E-state index is 0.00962. The first-order chi connectivity index (χ1) is 8.58. The Morgan fingerprint density at radius 1 is 1.56 bits per heavy atom. The molecule has 0 aliphatic heterocycles. The van der Waals surface area contributed by atoms with Crippen molar-refractivity contribution in [2.75, 3.05) is 12.9 Å². The second kappa shape index (κ2) is 7.23. The highest BCUT2D eigenvalue weighted by Crippen LogP contribution is 2.29. The minimum atomic E-state index is -0.426. The molecule has 0 saturated carbocycles. The van der Waals surface area contributed by atoms with Crippen LogP contribution in [0.3, 0.4) is 0 Å². The summed E-state index contributed by atoms with van der Waals surface area (Å²) in [5.74, 6) is 1.87. The van der Waals surface area contributed by atoms with Gasteiger partial charge in [0.25, 0.3) is 0 Å². The molecule has 6 heteroatoms. The Bertz CT molecular complexity index is 412. The molecule has 0 saturated heterocycles. The number of benzene rings is 1. The van der Waals surface area contributed by atoms with E-state index in [-0.39, 0.29) is 11.7 Å². The van der Waals surface area contributed by atoms with Crippen molar-refractivity contribution < 1.29 is 9.66 Å². The molecule has 1 aromatic carbocycles. The molecule has 0 amide bonds. The van der Waals surface area contributed by atoms with Crippen molar-refractivity contribution in [1.29, 1.82) is 0 Å². The van der Waals surface area contributed by atoms with E-state index in [9.17, 15) is 10.1 Å². The molecule has 1 aromatic rings. The number of nitro benzene ring substituents is 1. The molecule has 5 nitrogen and oxygen atoms in total. The van der Waals surface area contributed by atoms with Gasteiger partial charge in [0, 0.05) is 23.6 Å². The highest BCUT2D eigenvalue weighted by molar-refractivity contribution is 7.98. The van der Waals surface area contributed by atoms with Crippen LogP contribution < -0.4 is 10.5 Å². The molecule has 0 aromatic heterocycles. The number of nitrogens with two attached hydrogens (primary N) is 1. The summed E-state index contributed by atoms with van der Waals surface area (Å²) in [6.07, 6.45) is 0.940. The molecule has 100 valence electrons. The highest BCUT2D eigenvalue weighted by Gasteiger charge is 2.15. The van der Waals surface area contributed by atoms with E-state index in [2.05, 4.69) is 0 Å². The van der Waals surface area contributed by atoms with Gasteiger partial charge in [-0.1, -0.05) is 13.0 Å². The van der Waals surface area contributed by atoms with Crippen molar-refractivity contribution in [3.05, 3.63) is 33.9 Å². The monoisotopic (exact) mass is 270 g/mol. The van der Waals surface area contributed by atoms with Crippen LogP contribution in [-0.4, -0.2) is 23.8 Å². The number of hydrogen-bond acceptors (Lipinski definition) is 5. The van der Waals surface area contributed by atoms with E-state index in [4.69, 9.17) is 10.5 Å². The first kappa shape index (κ1) is 14.8. The number of hydrogen-bond donors (Lipinski definition) is 1. The minimum Gasteiger partial charge on any atom is -0.490 e. The van der Waals surface area contributed by atoms with Gasteiger partial charge < -0.3 is 10.5 Å². The number of methoxy groups -OCH3 is 1. The van der Waals surface area contributed by atoms with E-state index >= 15 is 0 Å². The summed E-state index contributed by atoms with van der Waals surface area (Å²) < 4.78 is 4.95. The van der Waals surface area contributed by atoms with Crippen LogP contribution >= 0.6 is 11.8 Å². The lowest BCUT2D eigenvalue weighted by molar-refractivity contribution is -0.385. The van der Waals surface area contributed by atoms with Crippen LogP contribution in [-0.2, 0) is 5.75 Å². The zero-order valence-corrected chi connectivity index (χ0v) is 11.4. The summed E-state index contributed by atoms with van der Waals surface area (Å²) in [6.45, 7) is 2.05. The summed E-state index contributed by atoms with van der Waals surface area (Å²) in [4.78, 5) is 10.4. The average molecular weight is 270 g/mol. The molecular weight excluding hydrogens is 252 g/mol. The molecule has 1 rings (SSSR count). The van der Waals surface area contributed by atoms with Gasteiger partial charge in [-0.05, 0) is 18.1 Å². The second-order valence-electron chi connectivity index (χ2n) is 3.95. The largest absolute Gasteiger partial charge is 0.490 e. The van der Waals surface area contributed by atoms with Gasteiger partial charge >= 0.3 is 5.69 Å². The van der Waals surface area contributed by atoms with Crippen molar-refractivity contribution in [1.82, 2.24) is 0 Å². The van der Waals surface area contributed by atoms with E-state index in [0.29, 0.717) is 5.75 Å². The fourth-order valence-electron chi connectivity index (χ4n) is 1.41. The van der Waals surface area contributed by atoms with Gasteiger partial charge in [-0.15, -0.1) is 0 Å². The van der Waals surface area contributed by atoms with Gasteiger partial charge in [0.05, 0.1) is 12.0 Å². The van der Waals surface area contributed by atoms with E-state index in [0.717, 1.165) is 23.5 Å². The van der Waals surface area contributed by atoms with Crippen molar-refractivity contribution in [3.63, 3.8) is 0 Å². The molecule has 0 radical (unpaired) electrons. The summed E-state index contributed by atoms with van der Waals surface area (Å²) in [5, 5.41) is 10.9. The molecule has 0 heterocycles. The zero-order valence-electron chi connectivity index (χ0n) is 10.6. The highest BCUT2D eigenvalue weighted by atomic mass is 32.2. The van der Waals surface area contributed by atoms with Crippen LogP contribution in [0.5, 0.6) is 5.75 Å². The maximum absolute atomic E-state index is 10.9. The van der Waals surface area contributed by atoms with E-state index in [1.54, 1.807) is 23.9 Å². The van der Waals surface area contributed by atoms with Crippen LogP contribution in [0.15, 0.2) is 18.2 Å². The first-order valence-corrected chi connectivity index (χ1v) is 6.88.